The number of rotatable bonds is 6. The Balaban J connectivity index is 2.32. The molecule has 38 heavy (non-hydrogen) atoms. The first kappa shape index (κ1) is 30.4. The SMILES string of the molecule is COc1ccc(P(C(C)=Pc2c(C(C)(C)C)cc(C(C)(C)C)cc2C(C)(C)C)c2ccc(OC)cc2)cc1. The molecule has 0 N–H and O–H groups in total. The Morgan fingerprint density at radius 2 is 0.974 bits per heavy atom. The Labute approximate surface area is 234 Å². The molecule has 3 aromatic rings. The van der Waals surface area contributed by atoms with Gasteiger partial charge in [0.05, 0.1) is 14.2 Å². The van der Waals surface area contributed by atoms with Crippen LogP contribution in [0.4, 0.5) is 0 Å². The lowest BCUT2D eigenvalue weighted by Gasteiger charge is -2.33. The summed E-state index contributed by atoms with van der Waals surface area (Å²) in [5.41, 5.74) is 4.48. The smallest absolute Gasteiger partial charge is 0.118 e. The molecule has 0 saturated carbocycles. The summed E-state index contributed by atoms with van der Waals surface area (Å²) in [7, 11) is 4.03. The zero-order valence-corrected chi connectivity index (χ0v) is 27.3. The molecule has 0 aliphatic carbocycles. The van der Waals surface area contributed by atoms with Gasteiger partial charge in [-0.25, -0.2) is 0 Å². The fourth-order valence-electron chi connectivity index (χ4n) is 4.53. The van der Waals surface area contributed by atoms with Crippen molar-refractivity contribution in [3.8, 4) is 11.5 Å². The summed E-state index contributed by atoms with van der Waals surface area (Å²) in [4.78, 5) is 0. The van der Waals surface area contributed by atoms with Gasteiger partial charge in [0, 0.05) is 5.30 Å². The number of methoxy groups -OCH3 is 2. The van der Waals surface area contributed by atoms with Gasteiger partial charge in [-0.3, -0.25) is 0 Å². The van der Waals surface area contributed by atoms with Crippen LogP contribution >= 0.6 is 16.1 Å². The van der Waals surface area contributed by atoms with Crippen LogP contribution in [-0.4, -0.2) is 19.3 Å². The van der Waals surface area contributed by atoms with E-state index in [1.54, 1.807) is 14.2 Å². The van der Waals surface area contributed by atoms with Gasteiger partial charge < -0.3 is 9.47 Å². The van der Waals surface area contributed by atoms with Crippen LogP contribution in [0, 0.1) is 0 Å². The molecular weight excluding hydrogens is 502 g/mol. The molecule has 0 bridgehead atoms. The van der Waals surface area contributed by atoms with Crippen molar-refractivity contribution < 1.29 is 9.47 Å². The van der Waals surface area contributed by atoms with Crippen LogP contribution in [0.3, 0.4) is 0 Å². The predicted octanol–water partition coefficient (Wildman–Crippen LogP) is 8.45. The van der Waals surface area contributed by atoms with Crippen LogP contribution in [0.25, 0.3) is 0 Å². The quantitative estimate of drug-likeness (QED) is 0.288. The molecule has 0 aromatic heterocycles. The molecule has 0 aliphatic rings. The molecular formula is C34H46O2P2. The van der Waals surface area contributed by atoms with Gasteiger partial charge in [0.15, 0.2) is 0 Å². The topological polar surface area (TPSA) is 18.5 Å². The van der Waals surface area contributed by atoms with Gasteiger partial charge in [-0.2, -0.15) is 0 Å². The molecule has 0 saturated heterocycles. The van der Waals surface area contributed by atoms with E-state index in [0.717, 1.165) is 11.5 Å². The van der Waals surface area contributed by atoms with E-state index < -0.39 is 7.92 Å². The largest absolute Gasteiger partial charge is 0.497 e. The van der Waals surface area contributed by atoms with Crippen LogP contribution in [0.5, 0.6) is 11.5 Å². The monoisotopic (exact) mass is 548 g/mol. The zero-order chi connectivity index (χ0) is 28.5. The highest BCUT2D eigenvalue weighted by atomic mass is 31.1. The minimum absolute atomic E-state index is 0.0346. The van der Waals surface area contributed by atoms with E-state index in [2.05, 4.69) is 130 Å². The fraction of sp³-hybridized carbons (Fsp3) is 0.441. The summed E-state index contributed by atoms with van der Waals surface area (Å²) in [6.07, 6.45) is 0. The van der Waals surface area contributed by atoms with E-state index in [0.29, 0.717) is 0 Å². The second kappa shape index (κ2) is 11.5. The lowest BCUT2D eigenvalue weighted by molar-refractivity contribution is 0.415. The molecule has 3 aromatic carbocycles. The highest BCUT2D eigenvalue weighted by molar-refractivity contribution is 7.95. The van der Waals surface area contributed by atoms with E-state index in [9.17, 15) is 0 Å². The van der Waals surface area contributed by atoms with E-state index in [1.807, 2.05) is 0 Å². The highest BCUT2D eigenvalue weighted by Crippen LogP contribution is 2.42. The maximum atomic E-state index is 5.47. The molecule has 3 rings (SSSR count). The summed E-state index contributed by atoms with van der Waals surface area (Å²) < 4.78 is 10.9. The minimum Gasteiger partial charge on any atom is -0.497 e. The third-order valence-corrected chi connectivity index (χ3v) is 11.1. The first-order chi connectivity index (χ1) is 17.6. The van der Waals surface area contributed by atoms with Crippen molar-refractivity contribution in [2.24, 2.45) is 0 Å². The standard InChI is InChI=1S/C34H46O2P2/c1-23(38(27-17-13-25(35-11)14-18-27)28-19-15-26(36-12)16-20-28)37-31-29(33(5,6)7)21-24(32(2,3)4)22-30(31)34(8,9)10/h13-22H,1-12H3. The number of benzene rings is 3. The van der Waals surface area contributed by atoms with Crippen LogP contribution < -0.4 is 25.4 Å². The Hall–Kier alpha value is -2.14. The minimum atomic E-state index is -0.704. The van der Waals surface area contributed by atoms with Gasteiger partial charge in [-0.15, -0.1) is 0 Å². The van der Waals surface area contributed by atoms with Gasteiger partial charge in [-0.1, -0.05) is 107 Å². The van der Waals surface area contributed by atoms with Gasteiger partial charge in [0.25, 0.3) is 0 Å². The Morgan fingerprint density at radius 3 is 1.26 bits per heavy atom. The summed E-state index contributed by atoms with van der Waals surface area (Å²) in [6.45, 7) is 23.4. The van der Waals surface area contributed by atoms with E-state index in [1.165, 1.54) is 45.8 Å². The molecule has 0 amide bonds. The molecule has 0 heterocycles. The lowest BCUT2D eigenvalue weighted by Crippen LogP contribution is -2.30. The van der Waals surface area contributed by atoms with Crippen molar-refractivity contribution >= 4 is 37.1 Å². The van der Waals surface area contributed by atoms with Crippen molar-refractivity contribution in [2.75, 3.05) is 14.2 Å². The van der Waals surface area contributed by atoms with Crippen molar-refractivity contribution in [2.45, 2.75) is 85.5 Å². The molecule has 204 valence electrons. The van der Waals surface area contributed by atoms with E-state index >= 15 is 0 Å². The molecule has 0 atom stereocenters. The van der Waals surface area contributed by atoms with Gasteiger partial charge in [0.1, 0.15) is 11.5 Å². The highest BCUT2D eigenvalue weighted by Gasteiger charge is 2.29. The third kappa shape index (κ3) is 7.08. The summed E-state index contributed by atoms with van der Waals surface area (Å²) in [5, 5.41) is 5.59. The van der Waals surface area contributed by atoms with Crippen LogP contribution in [0.1, 0.15) is 85.9 Å². The summed E-state index contributed by atoms with van der Waals surface area (Å²) >= 11 is 0. The second-order valence-electron chi connectivity index (χ2n) is 13.1. The van der Waals surface area contributed by atoms with Gasteiger partial charge in [0.2, 0.25) is 0 Å². The first-order valence-electron chi connectivity index (χ1n) is 13.4. The average molecular weight is 549 g/mol. The summed E-state index contributed by atoms with van der Waals surface area (Å²) in [5.74, 6) is 1.77. The number of ether oxygens (including phenoxy) is 2. The molecule has 0 radical (unpaired) electrons. The maximum absolute atomic E-state index is 5.47. The molecule has 0 unspecified atom stereocenters. The Morgan fingerprint density at radius 1 is 0.605 bits per heavy atom. The fourth-order valence-corrected chi connectivity index (χ4v) is 9.23. The van der Waals surface area contributed by atoms with Crippen molar-refractivity contribution in [3.05, 3.63) is 77.4 Å². The van der Waals surface area contributed by atoms with Crippen LogP contribution in [-0.2, 0) is 16.2 Å². The van der Waals surface area contributed by atoms with E-state index in [-0.39, 0.29) is 16.2 Å². The van der Waals surface area contributed by atoms with Crippen molar-refractivity contribution in [1.29, 1.82) is 0 Å². The lowest BCUT2D eigenvalue weighted by atomic mass is 9.75. The number of hydrogen-bond acceptors (Lipinski definition) is 2. The first-order valence-corrected chi connectivity index (χ1v) is 15.6. The average Bonchev–Trinajstić information content (AvgIpc) is 2.83. The Bertz CT molecular complexity index is 1180. The van der Waals surface area contributed by atoms with Crippen molar-refractivity contribution in [3.63, 3.8) is 0 Å². The van der Waals surface area contributed by atoms with Crippen LogP contribution in [0.15, 0.2) is 60.7 Å². The van der Waals surface area contributed by atoms with Crippen LogP contribution in [0.2, 0.25) is 0 Å². The molecule has 0 fully saturated rings. The molecule has 2 nitrogen and oxygen atoms in total. The molecule has 0 spiro atoms. The Kier molecular flexibility index (Phi) is 9.23. The number of hydrogen-bond donors (Lipinski definition) is 0. The normalized spacial score (nSPS) is 13.1. The second-order valence-corrected chi connectivity index (χ2v) is 17.1. The predicted molar refractivity (Wildman–Crippen MR) is 172 cm³/mol. The van der Waals surface area contributed by atoms with Gasteiger partial charge in [-0.05, 0) is 87.7 Å². The summed E-state index contributed by atoms with van der Waals surface area (Å²) in [6, 6.07) is 22.2. The molecule has 4 heteroatoms. The maximum Gasteiger partial charge on any atom is 0.118 e. The van der Waals surface area contributed by atoms with Crippen molar-refractivity contribution in [1.82, 2.24) is 0 Å². The van der Waals surface area contributed by atoms with Gasteiger partial charge >= 0.3 is 0 Å². The zero-order valence-electron chi connectivity index (χ0n) is 25.5. The molecule has 0 aliphatic heterocycles. The third-order valence-electron chi connectivity index (χ3n) is 6.85. The van der Waals surface area contributed by atoms with E-state index in [4.69, 9.17) is 9.47 Å².